The molecular formula is C12H17N5O. The molecule has 96 valence electrons. The van der Waals surface area contributed by atoms with Crippen LogP contribution in [0.2, 0.25) is 0 Å². The van der Waals surface area contributed by atoms with Gasteiger partial charge in [-0.25, -0.2) is 9.97 Å². The molecule has 2 atom stereocenters. The van der Waals surface area contributed by atoms with E-state index in [0.717, 1.165) is 29.7 Å². The van der Waals surface area contributed by atoms with Crippen molar-refractivity contribution in [2.45, 2.75) is 19.6 Å². The van der Waals surface area contributed by atoms with Crippen molar-refractivity contribution in [3.63, 3.8) is 0 Å². The summed E-state index contributed by atoms with van der Waals surface area (Å²) in [6, 6.07) is 0. The molecule has 0 amide bonds. The molecule has 4 N–H and O–H groups in total. The van der Waals surface area contributed by atoms with Crippen molar-refractivity contribution in [2.24, 2.45) is 5.92 Å². The smallest absolute Gasteiger partial charge is 0.151 e. The van der Waals surface area contributed by atoms with E-state index in [2.05, 4.69) is 26.8 Å². The fraction of sp³-hybridized carbons (Fsp3) is 0.500. The Morgan fingerprint density at radius 3 is 3.06 bits per heavy atom. The SMILES string of the molecule is C[C@@H]1CN(Cc2c[nH]c3c(N)ncnc23)C[C@H]1O. The summed E-state index contributed by atoms with van der Waals surface area (Å²) < 4.78 is 0. The summed E-state index contributed by atoms with van der Waals surface area (Å²) in [6.45, 7) is 4.47. The molecule has 1 saturated heterocycles. The highest BCUT2D eigenvalue weighted by molar-refractivity contribution is 5.86. The number of aromatic nitrogens is 3. The molecule has 0 saturated carbocycles. The number of β-amino-alcohol motifs (C(OH)–C–C–N with tert-alkyl or cyclic N) is 1. The van der Waals surface area contributed by atoms with Crippen LogP contribution in [0.4, 0.5) is 5.82 Å². The zero-order chi connectivity index (χ0) is 12.7. The average molecular weight is 247 g/mol. The molecule has 0 unspecified atom stereocenters. The first-order valence-electron chi connectivity index (χ1n) is 6.12. The quantitative estimate of drug-likeness (QED) is 0.712. The van der Waals surface area contributed by atoms with Crippen molar-refractivity contribution < 1.29 is 5.11 Å². The number of hydrogen-bond acceptors (Lipinski definition) is 5. The summed E-state index contributed by atoms with van der Waals surface area (Å²) in [4.78, 5) is 13.6. The van der Waals surface area contributed by atoms with E-state index in [1.54, 1.807) is 0 Å². The molecular weight excluding hydrogens is 230 g/mol. The first kappa shape index (κ1) is 11.4. The normalized spacial score (nSPS) is 25.0. The fourth-order valence-corrected chi connectivity index (χ4v) is 2.55. The number of hydrogen-bond donors (Lipinski definition) is 3. The molecule has 0 aromatic carbocycles. The first-order valence-corrected chi connectivity index (χ1v) is 6.12. The number of aliphatic hydroxyl groups is 1. The van der Waals surface area contributed by atoms with Crippen molar-refractivity contribution in [3.8, 4) is 0 Å². The van der Waals surface area contributed by atoms with Crippen LogP contribution in [-0.2, 0) is 6.54 Å². The lowest BCUT2D eigenvalue weighted by Gasteiger charge is -2.13. The van der Waals surface area contributed by atoms with Gasteiger partial charge in [-0.05, 0) is 5.92 Å². The Hall–Kier alpha value is -1.66. The number of nitrogen functional groups attached to an aromatic ring is 1. The molecule has 3 rings (SSSR count). The summed E-state index contributed by atoms with van der Waals surface area (Å²) in [5, 5.41) is 9.76. The molecule has 6 nitrogen and oxygen atoms in total. The van der Waals surface area contributed by atoms with Crippen molar-refractivity contribution in [1.82, 2.24) is 19.9 Å². The van der Waals surface area contributed by atoms with Crippen LogP contribution in [0.25, 0.3) is 11.0 Å². The highest BCUT2D eigenvalue weighted by atomic mass is 16.3. The molecule has 0 radical (unpaired) electrons. The molecule has 1 aliphatic rings. The minimum absolute atomic E-state index is 0.227. The second-order valence-corrected chi connectivity index (χ2v) is 5.04. The Bertz CT molecular complexity index is 557. The molecule has 0 bridgehead atoms. The summed E-state index contributed by atoms with van der Waals surface area (Å²) >= 11 is 0. The summed E-state index contributed by atoms with van der Waals surface area (Å²) in [5.41, 5.74) is 8.55. The number of fused-ring (bicyclic) bond motifs is 1. The number of nitrogens with two attached hydrogens (primary N) is 1. The number of rotatable bonds is 2. The standard InChI is InChI=1S/C12H17N5O/c1-7-3-17(5-9(7)18)4-8-2-14-11-10(8)15-6-16-12(11)13/h2,6-7,9,14,18H,3-5H2,1H3,(H2,13,15,16)/t7-,9-/m1/s1. The number of anilines is 1. The Kier molecular flexibility index (Phi) is 2.68. The van der Waals surface area contributed by atoms with E-state index >= 15 is 0 Å². The molecule has 1 fully saturated rings. The van der Waals surface area contributed by atoms with Crippen LogP contribution in [0.15, 0.2) is 12.5 Å². The Balaban J connectivity index is 1.85. The van der Waals surface area contributed by atoms with Gasteiger partial charge in [0.2, 0.25) is 0 Å². The van der Waals surface area contributed by atoms with Crippen molar-refractivity contribution >= 4 is 16.9 Å². The number of likely N-dealkylation sites (tertiary alicyclic amines) is 1. The third kappa shape index (κ3) is 1.83. The van der Waals surface area contributed by atoms with Crippen molar-refractivity contribution in [1.29, 1.82) is 0 Å². The van der Waals surface area contributed by atoms with Crippen LogP contribution in [0, 0.1) is 5.92 Å². The van der Waals surface area contributed by atoms with E-state index in [1.165, 1.54) is 6.33 Å². The van der Waals surface area contributed by atoms with Gasteiger partial charge in [0, 0.05) is 31.4 Å². The fourth-order valence-electron chi connectivity index (χ4n) is 2.55. The zero-order valence-electron chi connectivity index (χ0n) is 10.3. The maximum atomic E-state index is 9.76. The topological polar surface area (TPSA) is 91.1 Å². The van der Waals surface area contributed by atoms with Crippen LogP contribution in [0.5, 0.6) is 0 Å². The summed E-state index contributed by atoms with van der Waals surface area (Å²) in [6.07, 6.45) is 3.18. The number of nitrogens with one attached hydrogen (secondary N) is 1. The third-order valence-electron chi connectivity index (χ3n) is 3.61. The highest BCUT2D eigenvalue weighted by Gasteiger charge is 2.28. The van der Waals surface area contributed by atoms with E-state index in [-0.39, 0.29) is 6.10 Å². The summed E-state index contributed by atoms with van der Waals surface area (Å²) in [7, 11) is 0. The van der Waals surface area contributed by atoms with Gasteiger partial charge in [-0.3, -0.25) is 4.90 Å². The molecule has 6 heteroatoms. The lowest BCUT2D eigenvalue weighted by molar-refractivity contribution is 0.147. The van der Waals surface area contributed by atoms with E-state index in [0.29, 0.717) is 18.3 Å². The molecule has 2 aromatic heterocycles. The Morgan fingerprint density at radius 2 is 2.33 bits per heavy atom. The van der Waals surface area contributed by atoms with Crippen LogP contribution in [0.1, 0.15) is 12.5 Å². The number of H-pyrrole nitrogens is 1. The van der Waals surface area contributed by atoms with Crippen molar-refractivity contribution in [2.75, 3.05) is 18.8 Å². The van der Waals surface area contributed by atoms with Gasteiger partial charge >= 0.3 is 0 Å². The molecule has 18 heavy (non-hydrogen) atoms. The second-order valence-electron chi connectivity index (χ2n) is 5.04. The van der Waals surface area contributed by atoms with Gasteiger partial charge in [0.05, 0.1) is 11.6 Å². The maximum absolute atomic E-state index is 9.76. The van der Waals surface area contributed by atoms with Gasteiger partial charge in [0.15, 0.2) is 5.82 Å². The highest BCUT2D eigenvalue weighted by Crippen LogP contribution is 2.23. The summed E-state index contributed by atoms with van der Waals surface area (Å²) in [5.74, 6) is 0.802. The zero-order valence-corrected chi connectivity index (χ0v) is 10.3. The minimum atomic E-state index is -0.227. The van der Waals surface area contributed by atoms with Gasteiger partial charge in [-0.15, -0.1) is 0 Å². The monoisotopic (exact) mass is 247 g/mol. The average Bonchev–Trinajstić information content (AvgIpc) is 2.86. The largest absolute Gasteiger partial charge is 0.391 e. The number of aliphatic hydroxyl groups excluding tert-OH is 1. The molecule has 1 aliphatic heterocycles. The van der Waals surface area contributed by atoms with Crippen LogP contribution in [-0.4, -0.2) is 44.2 Å². The first-order chi connectivity index (χ1) is 8.65. The minimum Gasteiger partial charge on any atom is -0.391 e. The van der Waals surface area contributed by atoms with E-state index in [9.17, 15) is 5.11 Å². The Labute approximate surface area is 105 Å². The van der Waals surface area contributed by atoms with Crippen molar-refractivity contribution in [3.05, 3.63) is 18.1 Å². The molecule has 3 heterocycles. The molecule has 2 aromatic rings. The lowest BCUT2D eigenvalue weighted by Crippen LogP contribution is -2.21. The van der Waals surface area contributed by atoms with Gasteiger partial charge in [-0.2, -0.15) is 0 Å². The number of nitrogens with zero attached hydrogens (tertiary/aromatic N) is 3. The van der Waals surface area contributed by atoms with Gasteiger partial charge in [0.1, 0.15) is 11.8 Å². The van der Waals surface area contributed by atoms with E-state index in [1.807, 2.05) is 6.20 Å². The predicted molar refractivity (Wildman–Crippen MR) is 68.7 cm³/mol. The molecule has 0 aliphatic carbocycles. The lowest BCUT2D eigenvalue weighted by atomic mass is 10.1. The van der Waals surface area contributed by atoms with Gasteiger partial charge < -0.3 is 15.8 Å². The maximum Gasteiger partial charge on any atom is 0.151 e. The van der Waals surface area contributed by atoms with Crippen LogP contribution in [0.3, 0.4) is 0 Å². The third-order valence-corrected chi connectivity index (χ3v) is 3.61. The van der Waals surface area contributed by atoms with Crippen LogP contribution >= 0.6 is 0 Å². The van der Waals surface area contributed by atoms with Gasteiger partial charge in [-0.1, -0.05) is 6.92 Å². The predicted octanol–water partition coefficient (Wildman–Crippen LogP) is 0.353. The second kappa shape index (κ2) is 4.22. The van der Waals surface area contributed by atoms with E-state index in [4.69, 9.17) is 5.73 Å². The van der Waals surface area contributed by atoms with E-state index < -0.39 is 0 Å². The van der Waals surface area contributed by atoms with Gasteiger partial charge in [0.25, 0.3) is 0 Å². The Morgan fingerprint density at radius 1 is 1.50 bits per heavy atom. The van der Waals surface area contributed by atoms with Crippen LogP contribution < -0.4 is 5.73 Å². The molecule has 0 spiro atoms. The number of aromatic amines is 1.